The van der Waals surface area contributed by atoms with Crippen molar-refractivity contribution in [3.63, 3.8) is 0 Å². The maximum Gasteiger partial charge on any atom is 0.275 e. The molecule has 3 aromatic carbocycles. The van der Waals surface area contributed by atoms with E-state index in [4.69, 9.17) is 14.2 Å². The Bertz CT molecular complexity index is 1060. The van der Waals surface area contributed by atoms with E-state index >= 15 is 0 Å². The fourth-order valence-corrected chi connectivity index (χ4v) is 2.85. The van der Waals surface area contributed by atoms with Crippen molar-refractivity contribution in [1.29, 1.82) is 0 Å². The average Bonchev–Trinajstić information content (AvgIpc) is 3.14. The second kappa shape index (κ2) is 6.87. The molecule has 0 radical (unpaired) electrons. The number of amides is 1. The van der Waals surface area contributed by atoms with Crippen molar-refractivity contribution in [3.05, 3.63) is 59.7 Å². The first-order valence-corrected chi connectivity index (χ1v) is 8.18. The Kier molecular flexibility index (Phi) is 4.25. The van der Waals surface area contributed by atoms with Crippen molar-refractivity contribution >= 4 is 22.9 Å². The molecule has 2 N–H and O–H groups in total. The van der Waals surface area contributed by atoms with Crippen LogP contribution in [0.25, 0.3) is 10.8 Å². The second-order valence-corrected chi connectivity index (χ2v) is 5.86. The highest BCUT2D eigenvalue weighted by Crippen LogP contribution is 2.37. The van der Waals surface area contributed by atoms with Crippen LogP contribution in [0.1, 0.15) is 15.9 Å². The molecule has 0 atom stereocenters. The summed E-state index contributed by atoms with van der Waals surface area (Å²) in [7, 11) is 1.53. The Labute approximate surface area is 154 Å². The fraction of sp³-hybridized carbons (Fsp3) is 0.100. The minimum absolute atomic E-state index is 0.109. The van der Waals surface area contributed by atoms with Crippen molar-refractivity contribution in [2.24, 2.45) is 5.10 Å². The molecule has 7 nitrogen and oxygen atoms in total. The van der Waals surface area contributed by atoms with Crippen LogP contribution in [0.3, 0.4) is 0 Å². The van der Waals surface area contributed by atoms with Crippen LogP contribution in [-0.2, 0) is 0 Å². The van der Waals surface area contributed by atoms with Crippen molar-refractivity contribution in [2.75, 3.05) is 13.9 Å². The highest BCUT2D eigenvalue weighted by Gasteiger charge is 2.17. The number of nitrogens with one attached hydrogen (secondary N) is 1. The third-order valence-corrected chi connectivity index (χ3v) is 4.20. The number of carbonyl (C=O) groups excluding carboxylic acids is 1. The van der Waals surface area contributed by atoms with Gasteiger partial charge in [0.1, 0.15) is 11.5 Å². The second-order valence-electron chi connectivity index (χ2n) is 5.86. The molecule has 1 aliphatic heterocycles. The highest BCUT2D eigenvalue weighted by atomic mass is 16.7. The number of benzene rings is 3. The molecular weight excluding hydrogens is 348 g/mol. The van der Waals surface area contributed by atoms with E-state index in [9.17, 15) is 9.90 Å². The van der Waals surface area contributed by atoms with Crippen LogP contribution in [0, 0.1) is 0 Å². The molecule has 0 aliphatic carbocycles. The van der Waals surface area contributed by atoms with Gasteiger partial charge < -0.3 is 19.3 Å². The van der Waals surface area contributed by atoms with Gasteiger partial charge in [-0.3, -0.25) is 4.79 Å². The minimum Gasteiger partial charge on any atom is -0.507 e. The summed E-state index contributed by atoms with van der Waals surface area (Å²) < 4.78 is 15.9. The van der Waals surface area contributed by atoms with Gasteiger partial charge in [0.15, 0.2) is 11.5 Å². The number of aromatic hydroxyl groups is 1. The topological polar surface area (TPSA) is 89.4 Å². The molecule has 0 fully saturated rings. The molecule has 4 rings (SSSR count). The van der Waals surface area contributed by atoms with Gasteiger partial charge in [-0.05, 0) is 29.0 Å². The Morgan fingerprint density at radius 3 is 2.59 bits per heavy atom. The van der Waals surface area contributed by atoms with Crippen LogP contribution >= 0.6 is 0 Å². The molecule has 136 valence electrons. The van der Waals surface area contributed by atoms with Gasteiger partial charge in [-0.1, -0.05) is 24.3 Å². The van der Waals surface area contributed by atoms with Gasteiger partial charge in [-0.25, -0.2) is 5.43 Å². The lowest BCUT2D eigenvalue weighted by molar-refractivity contribution is 0.0952. The number of ether oxygens (including phenoxy) is 3. The number of carbonyl (C=O) groups is 1. The largest absolute Gasteiger partial charge is 0.507 e. The number of rotatable bonds is 4. The van der Waals surface area contributed by atoms with E-state index in [0.717, 1.165) is 10.8 Å². The lowest BCUT2D eigenvalue weighted by Gasteiger charge is -2.07. The highest BCUT2D eigenvalue weighted by molar-refractivity contribution is 6.01. The van der Waals surface area contributed by atoms with Gasteiger partial charge in [0.2, 0.25) is 6.79 Å². The number of phenolic OH excluding ortho intramolecular Hbond substituents is 1. The summed E-state index contributed by atoms with van der Waals surface area (Å²) >= 11 is 0. The summed E-state index contributed by atoms with van der Waals surface area (Å²) in [6.45, 7) is 0.150. The lowest BCUT2D eigenvalue weighted by atomic mass is 10.1. The molecule has 1 aliphatic rings. The van der Waals surface area contributed by atoms with Crippen molar-refractivity contribution in [3.8, 4) is 23.0 Å². The number of hydrazone groups is 1. The fourth-order valence-electron chi connectivity index (χ4n) is 2.85. The first-order chi connectivity index (χ1) is 13.2. The number of nitrogens with zero attached hydrogens (tertiary/aromatic N) is 1. The maximum atomic E-state index is 12.4. The third kappa shape index (κ3) is 3.22. The normalized spacial score (nSPS) is 12.5. The Balaban J connectivity index is 1.55. The summed E-state index contributed by atoms with van der Waals surface area (Å²) in [5.74, 6) is 1.08. The van der Waals surface area contributed by atoms with Crippen LogP contribution in [0.15, 0.2) is 53.6 Å². The zero-order valence-corrected chi connectivity index (χ0v) is 14.4. The molecule has 7 heteroatoms. The lowest BCUT2D eigenvalue weighted by Crippen LogP contribution is -2.17. The minimum atomic E-state index is -0.519. The number of methoxy groups -OCH3 is 1. The van der Waals surface area contributed by atoms with E-state index in [-0.39, 0.29) is 18.1 Å². The van der Waals surface area contributed by atoms with E-state index in [1.165, 1.54) is 13.3 Å². The molecule has 0 spiro atoms. The third-order valence-electron chi connectivity index (χ3n) is 4.20. The Hall–Kier alpha value is -3.74. The number of fused-ring (bicyclic) bond motifs is 2. The van der Waals surface area contributed by atoms with E-state index < -0.39 is 5.91 Å². The Morgan fingerprint density at radius 2 is 1.85 bits per heavy atom. The standard InChI is InChI=1S/C20H16N2O5/c1-25-17-9-19-18(26-11-27-19)8-14(17)10-21-22-20(24)15-6-12-4-2-3-5-13(12)7-16(15)23/h2-10,23H,11H2,1H3,(H,22,24). The zero-order valence-electron chi connectivity index (χ0n) is 14.4. The zero-order chi connectivity index (χ0) is 18.8. The quantitative estimate of drug-likeness (QED) is 0.549. The molecule has 0 saturated heterocycles. The van der Waals surface area contributed by atoms with Gasteiger partial charge in [-0.2, -0.15) is 5.10 Å². The van der Waals surface area contributed by atoms with Crippen LogP contribution in [-0.4, -0.2) is 31.1 Å². The van der Waals surface area contributed by atoms with E-state index in [1.807, 2.05) is 24.3 Å². The van der Waals surface area contributed by atoms with Gasteiger partial charge >= 0.3 is 0 Å². The maximum absolute atomic E-state index is 12.4. The molecule has 0 aromatic heterocycles. The van der Waals surface area contributed by atoms with Crippen molar-refractivity contribution in [1.82, 2.24) is 5.43 Å². The first kappa shape index (κ1) is 16.7. The average molecular weight is 364 g/mol. The van der Waals surface area contributed by atoms with Gasteiger partial charge in [0.05, 0.1) is 18.9 Å². The first-order valence-electron chi connectivity index (χ1n) is 8.18. The van der Waals surface area contributed by atoms with Crippen molar-refractivity contribution < 1.29 is 24.1 Å². The number of hydrogen-bond acceptors (Lipinski definition) is 6. The molecule has 0 unspecified atom stereocenters. The van der Waals surface area contributed by atoms with Gasteiger partial charge in [0.25, 0.3) is 5.91 Å². The van der Waals surface area contributed by atoms with E-state index in [1.54, 1.807) is 24.3 Å². The molecule has 0 bridgehead atoms. The molecule has 27 heavy (non-hydrogen) atoms. The molecule has 3 aromatic rings. The summed E-state index contributed by atoms with van der Waals surface area (Å²) in [5.41, 5.74) is 3.17. The summed E-state index contributed by atoms with van der Waals surface area (Å²) in [5, 5.41) is 15.8. The van der Waals surface area contributed by atoms with E-state index in [2.05, 4.69) is 10.5 Å². The van der Waals surface area contributed by atoms with Crippen molar-refractivity contribution in [2.45, 2.75) is 0 Å². The van der Waals surface area contributed by atoms with Crippen LogP contribution in [0.5, 0.6) is 23.0 Å². The van der Waals surface area contributed by atoms with E-state index in [0.29, 0.717) is 22.8 Å². The predicted molar refractivity (Wildman–Crippen MR) is 99.8 cm³/mol. The summed E-state index contributed by atoms with van der Waals surface area (Å²) in [6, 6.07) is 14.0. The molecule has 1 amide bonds. The van der Waals surface area contributed by atoms with Crippen LogP contribution in [0.4, 0.5) is 0 Å². The van der Waals surface area contributed by atoms with Gasteiger partial charge in [-0.15, -0.1) is 0 Å². The number of hydrogen-bond donors (Lipinski definition) is 2. The van der Waals surface area contributed by atoms with Gasteiger partial charge in [0, 0.05) is 11.6 Å². The Morgan fingerprint density at radius 1 is 1.15 bits per heavy atom. The van der Waals surface area contributed by atoms with Crippen LogP contribution < -0.4 is 19.6 Å². The monoisotopic (exact) mass is 364 g/mol. The molecule has 1 heterocycles. The SMILES string of the molecule is COc1cc2c(cc1C=NNC(=O)c1cc3ccccc3cc1O)OCO2. The summed E-state index contributed by atoms with van der Waals surface area (Å²) in [4.78, 5) is 12.4. The molecular formula is C20H16N2O5. The number of phenols is 1. The van der Waals surface area contributed by atoms with Crippen LogP contribution in [0.2, 0.25) is 0 Å². The molecule has 0 saturated carbocycles. The predicted octanol–water partition coefficient (Wildman–Crippen LogP) is 3.05. The summed E-state index contributed by atoms with van der Waals surface area (Å²) in [6.07, 6.45) is 1.44. The smallest absolute Gasteiger partial charge is 0.275 e.